The third kappa shape index (κ3) is 4.52. The number of carbonyl (C=O) groups excluding carboxylic acids is 1. The van der Waals surface area contributed by atoms with E-state index in [1.807, 2.05) is 19.9 Å². The molecule has 0 saturated heterocycles. The summed E-state index contributed by atoms with van der Waals surface area (Å²) in [7, 11) is 1.37. The first-order chi connectivity index (χ1) is 11.5. The van der Waals surface area contributed by atoms with Crippen molar-refractivity contribution in [3.8, 4) is 17.2 Å². The smallest absolute Gasteiger partial charge is 0.135 e. The van der Waals surface area contributed by atoms with Gasteiger partial charge in [-0.3, -0.25) is 0 Å². The Bertz CT molecular complexity index is 734. The quantitative estimate of drug-likeness (QED) is 0.577. The number of aliphatic carboxylic acids is 1. The molecule has 0 unspecified atom stereocenters. The van der Waals surface area contributed by atoms with Gasteiger partial charge in [-0.05, 0) is 32.0 Å². The van der Waals surface area contributed by atoms with Crippen LogP contribution in [0.15, 0.2) is 54.8 Å². The molecule has 0 fully saturated rings. The maximum Gasteiger partial charge on any atom is 0.135 e. The van der Waals surface area contributed by atoms with E-state index in [4.69, 9.17) is 14.2 Å². The van der Waals surface area contributed by atoms with E-state index >= 15 is 0 Å². The van der Waals surface area contributed by atoms with Crippen LogP contribution in [0.5, 0.6) is 17.2 Å². The molecule has 0 amide bonds. The Morgan fingerprint density at radius 2 is 1.79 bits per heavy atom. The van der Waals surface area contributed by atoms with Crippen molar-refractivity contribution in [3.63, 3.8) is 0 Å². The fraction of sp³-hybridized carbons (Fsp3) is 0.211. The number of ether oxygens (including phenoxy) is 3. The van der Waals surface area contributed by atoms with Crippen molar-refractivity contribution < 1.29 is 24.1 Å². The predicted octanol–water partition coefficient (Wildman–Crippen LogP) is 3.00. The van der Waals surface area contributed by atoms with Gasteiger partial charge in [0.05, 0.1) is 25.4 Å². The number of rotatable bonds is 7. The van der Waals surface area contributed by atoms with E-state index in [-0.39, 0.29) is 11.7 Å². The molecule has 126 valence electrons. The molecule has 0 saturated carbocycles. The molecule has 0 aromatic heterocycles. The average Bonchev–Trinajstić information content (AvgIpc) is 2.53. The Kier molecular flexibility index (Phi) is 5.84. The minimum absolute atomic E-state index is 0.0434. The topological polar surface area (TPSA) is 67.8 Å². The van der Waals surface area contributed by atoms with E-state index in [0.717, 1.165) is 6.26 Å². The predicted molar refractivity (Wildman–Crippen MR) is 88.7 cm³/mol. The van der Waals surface area contributed by atoms with Gasteiger partial charge in [-0.25, -0.2) is 0 Å². The summed E-state index contributed by atoms with van der Waals surface area (Å²) in [5, 5.41) is 11.3. The Morgan fingerprint density at radius 3 is 2.46 bits per heavy atom. The van der Waals surface area contributed by atoms with E-state index < -0.39 is 5.97 Å². The molecule has 0 aliphatic carbocycles. The van der Waals surface area contributed by atoms with Crippen molar-refractivity contribution in [1.82, 2.24) is 0 Å². The van der Waals surface area contributed by atoms with E-state index in [1.165, 1.54) is 7.11 Å². The minimum Gasteiger partial charge on any atom is -0.545 e. The first-order valence-corrected chi connectivity index (χ1v) is 7.49. The van der Waals surface area contributed by atoms with Gasteiger partial charge >= 0.3 is 0 Å². The van der Waals surface area contributed by atoms with E-state index in [2.05, 4.69) is 0 Å². The number of carbonyl (C=O) groups is 1. The normalized spacial score (nSPS) is 11.2. The second-order valence-corrected chi connectivity index (χ2v) is 5.29. The molecule has 2 aromatic rings. The van der Waals surface area contributed by atoms with Crippen LogP contribution in [0.2, 0.25) is 0 Å². The monoisotopic (exact) mass is 327 g/mol. The molecule has 0 aliphatic heterocycles. The van der Waals surface area contributed by atoms with Gasteiger partial charge in [0.2, 0.25) is 0 Å². The number of para-hydroxylation sites is 1. The molecule has 5 nitrogen and oxygen atoms in total. The molecule has 2 rings (SSSR count). The van der Waals surface area contributed by atoms with Crippen molar-refractivity contribution in [2.75, 3.05) is 7.11 Å². The van der Waals surface area contributed by atoms with Gasteiger partial charge in [0.1, 0.15) is 17.2 Å². The van der Waals surface area contributed by atoms with Crippen LogP contribution in [0.1, 0.15) is 19.4 Å². The van der Waals surface area contributed by atoms with E-state index in [0.29, 0.717) is 22.8 Å². The first kappa shape index (κ1) is 17.4. The molecule has 0 radical (unpaired) electrons. The lowest BCUT2D eigenvalue weighted by Crippen LogP contribution is -2.24. The number of methoxy groups -OCH3 is 1. The summed E-state index contributed by atoms with van der Waals surface area (Å²) >= 11 is 0. The molecule has 0 spiro atoms. The van der Waals surface area contributed by atoms with Crippen LogP contribution in [-0.2, 0) is 9.53 Å². The Hall–Kier alpha value is -2.95. The maximum atomic E-state index is 11.3. The van der Waals surface area contributed by atoms with Crippen LogP contribution in [0.4, 0.5) is 0 Å². The lowest BCUT2D eigenvalue weighted by atomic mass is 10.1. The van der Waals surface area contributed by atoms with E-state index in [1.54, 1.807) is 42.5 Å². The second-order valence-electron chi connectivity index (χ2n) is 5.29. The van der Waals surface area contributed by atoms with Crippen LogP contribution >= 0.6 is 0 Å². The number of hydrogen-bond acceptors (Lipinski definition) is 5. The van der Waals surface area contributed by atoms with Crippen LogP contribution in [-0.4, -0.2) is 19.2 Å². The summed E-state index contributed by atoms with van der Waals surface area (Å²) in [6, 6.07) is 13.9. The Balaban J connectivity index is 2.34. The van der Waals surface area contributed by atoms with Crippen LogP contribution < -0.4 is 14.6 Å². The Morgan fingerprint density at radius 1 is 1.08 bits per heavy atom. The van der Waals surface area contributed by atoms with Gasteiger partial charge in [-0.1, -0.05) is 24.3 Å². The van der Waals surface area contributed by atoms with Gasteiger partial charge in [0, 0.05) is 17.2 Å². The molecule has 2 aromatic carbocycles. The highest BCUT2D eigenvalue weighted by atomic mass is 16.5. The highest BCUT2D eigenvalue weighted by molar-refractivity contribution is 6.14. The zero-order valence-corrected chi connectivity index (χ0v) is 13.8. The van der Waals surface area contributed by atoms with Crippen molar-refractivity contribution in [1.29, 1.82) is 0 Å². The standard InChI is InChI=1S/C19H20O5/c1-13(2)23-14-7-6-8-15(11-14)24-18-10-5-4-9-16(18)17(12-22-3)19(20)21/h4-13H,1-3H3,(H,20,21)/p-1/b17-12-. The van der Waals surface area contributed by atoms with Crippen LogP contribution in [0.3, 0.4) is 0 Å². The lowest BCUT2D eigenvalue weighted by molar-refractivity contribution is -0.295. The zero-order valence-electron chi connectivity index (χ0n) is 13.8. The summed E-state index contributed by atoms with van der Waals surface area (Å²) in [4.78, 5) is 11.3. The number of carboxylic acids is 1. The first-order valence-electron chi connectivity index (χ1n) is 7.49. The second kappa shape index (κ2) is 8.06. The molecule has 0 atom stereocenters. The largest absolute Gasteiger partial charge is 0.545 e. The fourth-order valence-electron chi connectivity index (χ4n) is 2.13. The molecule has 0 aliphatic rings. The number of benzene rings is 2. The highest BCUT2D eigenvalue weighted by Gasteiger charge is 2.11. The molecule has 5 heteroatoms. The summed E-state index contributed by atoms with van der Waals surface area (Å²) < 4.78 is 16.3. The number of hydrogen-bond donors (Lipinski definition) is 0. The minimum atomic E-state index is -1.34. The maximum absolute atomic E-state index is 11.3. The van der Waals surface area contributed by atoms with Crippen molar-refractivity contribution in [3.05, 3.63) is 60.4 Å². The van der Waals surface area contributed by atoms with Crippen molar-refractivity contribution in [2.45, 2.75) is 20.0 Å². The molecule has 0 heterocycles. The summed E-state index contributed by atoms with van der Waals surface area (Å²) in [6.07, 6.45) is 1.16. The lowest BCUT2D eigenvalue weighted by Gasteiger charge is -2.15. The van der Waals surface area contributed by atoms with Crippen molar-refractivity contribution >= 4 is 11.5 Å². The zero-order chi connectivity index (χ0) is 17.5. The average molecular weight is 327 g/mol. The molecule has 0 N–H and O–H groups in total. The van der Waals surface area contributed by atoms with Gasteiger partial charge in [0.15, 0.2) is 0 Å². The molecule has 0 bridgehead atoms. The Labute approximate surface area is 141 Å². The third-order valence-electron chi connectivity index (χ3n) is 3.04. The molecule has 24 heavy (non-hydrogen) atoms. The van der Waals surface area contributed by atoms with Crippen LogP contribution in [0.25, 0.3) is 5.57 Å². The highest BCUT2D eigenvalue weighted by Crippen LogP contribution is 2.31. The van der Waals surface area contributed by atoms with Gasteiger partial charge in [-0.2, -0.15) is 0 Å². The molecular weight excluding hydrogens is 308 g/mol. The SMILES string of the molecule is CO/C=C(\C(=O)[O-])c1ccccc1Oc1cccc(OC(C)C)c1. The van der Waals surface area contributed by atoms with Gasteiger partial charge in [-0.15, -0.1) is 0 Å². The molecular formula is C19H19O5-. The fourth-order valence-corrected chi connectivity index (χ4v) is 2.13. The van der Waals surface area contributed by atoms with Gasteiger partial charge in [0.25, 0.3) is 0 Å². The summed E-state index contributed by atoms with van der Waals surface area (Å²) in [5.41, 5.74) is 0.275. The van der Waals surface area contributed by atoms with E-state index in [9.17, 15) is 9.90 Å². The third-order valence-corrected chi connectivity index (χ3v) is 3.04. The van der Waals surface area contributed by atoms with Crippen molar-refractivity contribution in [2.24, 2.45) is 0 Å². The van der Waals surface area contributed by atoms with Gasteiger partial charge < -0.3 is 24.1 Å². The van der Waals surface area contributed by atoms with Crippen LogP contribution in [0, 0.1) is 0 Å². The summed E-state index contributed by atoms with van der Waals surface area (Å²) in [5.74, 6) is 0.250. The summed E-state index contributed by atoms with van der Waals surface area (Å²) in [6.45, 7) is 3.87. The number of carboxylic acid groups (broad SMARTS) is 1.